The number of hydrogen-bond donors (Lipinski definition) is 0. The zero-order valence-corrected chi connectivity index (χ0v) is 21.8. The molecule has 0 radical (unpaired) electrons. The molecule has 12 heteroatoms. The minimum atomic E-state index is -5.02. The van der Waals surface area contributed by atoms with Gasteiger partial charge in [0.2, 0.25) is 0 Å². The molecule has 5 aromatic carbocycles. The van der Waals surface area contributed by atoms with Crippen LogP contribution in [0.4, 0.5) is 52.7 Å². The number of hydrogen-bond acceptors (Lipinski definition) is 0. The fraction of sp³-hybridized carbons (Fsp3) is 0.125. The number of benzene rings is 5. The molecule has 44 heavy (non-hydrogen) atoms. The summed E-state index contributed by atoms with van der Waals surface area (Å²) in [6.45, 7) is 0. The van der Waals surface area contributed by atoms with Crippen molar-refractivity contribution >= 4 is 10.8 Å². The molecule has 0 spiro atoms. The van der Waals surface area contributed by atoms with E-state index in [-0.39, 0.29) is 34.4 Å². The Morgan fingerprint density at radius 2 is 0.523 bits per heavy atom. The second-order valence-corrected chi connectivity index (χ2v) is 9.94. The van der Waals surface area contributed by atoms with Gasteiger partial charge in [0.05, 0.1) is 22.3 Å². The van der Waals surface area contributed by atoms with Crippen LogP contribution in [-0.4, -0.2) is 0 Å². The monoisotopic (exact) mass is 628 g/mol. The lowest BCUT2D eigenvalue weighted by Crippen LogP contribution is -2.11. The van der Waals surface area contributed by atoms with Gasteiger partial charge in [0, 0.05) is 0 Å². The van der Waals surface area contributed by atoms with Gasteiger partial charge < -0.3 is 0 Å². The molecule has 0 amide bonds. The van der Waals surface area contributed by atoms with E-state index in [0.29, 0.717) is 46.2 Å². The summed E-state index contributed by atoms with van der Waals surface area (Å²) in [5, 5.41) is 1.07. The van der Waals surface area contributed by atoms with Crippen LogP contribution in [0.1, 0.15) is 22.3 Å². The smallest absolute Gasteiger partial charge is 0.166 e. The average molecular weight is 628 g/mol. The molecule has 0 aliphatic rings. The van der Waals surface area contributed by atoms with Crippen LogP contribution < -0.4 is 0 Å². The quantitative estimate of drug-likeness (QED) is 0.175. The van der Waals surface area contributed by atoms with E-state index in [1.165, 1.54) is 42.5 Å². The third-order valence-electron chi connectivity index (χ3n) is 6.90. The van der Waals surface area contributed by atoms with Gasteiger partial charge in [0.1, 0.15) is 0 Å². The Hall–Kier alpha value is -4.48. The Kier molecular flexibility index (Phi) is 7.46. The molecule has 228 valence electrons. The lowest BCUT2D eigenvalue weighted by atomic mass is 9.94. The summed E-state index contributed by atoms with van der Waals surface area (Å²) >= 11 is 0. The van der Waals surface area contributed by atoms with Crippen molar-refractivity contribution in [2.45, 2.75) is 24.7 Å². The lowest BCUT2D eigenvalue weighted by molar-refractivity contribution is -0.144. The van der Waals surface area contributed by atoms with Crippen LogP contribution in [0, 0.1) is 0 Å². The van der Waals surface area contributed by atoms with Gasteiger partial charge in [-0.3, -0.25) is 0 Å². The zero-order chi connectivity index (χ0) is 32.2. The summed E-state index contributed by atoms with van der Waals surface area (Å²) in [6.07, 6.45) is -20.1. The van der Waals surface area contributed by atoms with Crippen molar-refractivity contribution in [2.75, 3.05) is 0 Å². The first-order chi connectivity index (χ1) is 20.3. The molecule has 5 rings (SSSR count). The first kappa shape index (κ1) is 31.0. The molecule has 0 unspecified atom stereocenters. The molecule has 0 saturated heterocycles. The molecule has 5 aromatic rings. The number of alkyl halides is 12. The maximum absolute atomic E-state index is 13.4. The molecule has 0 fully saturated rings. The van der Waals surface area contributed by atoms with Crippen molar-refractivity contribution in [1.29, 1.82) is 0 Å². The molecule has 0 bridgehead atoms. The number of fused-ring (bicyclic) bond motifs is 1. The van der Waals surface area contributed by atoms with E-state index in [1.807, 2.05) is 0 Å². The van der Waals surface area contributed by atoms with Gasteiger partial charge in [0.15, 0.2) is 0 Å². The highest BCUT2D eigenvalue weighted by atomic mass is 19.4. The van der Waals surface area contributed by atoms with Gasteiger partial charge in [-0.15, -0.1) is 0 Å². The van der Waals surface area contributed by atoms with Crippen LogP contribution in [-0.2, 0) is 24.7 Å². The average Bonchev–Trinajstić information content (AvgIpc) is 2.94. The van der Waals surface area contributed by atoms with Crippen LogP contribution in [0.5, 0.6) is 0 Å². The second-order valence-electron chi connectivity index (χ2n) is 9.94. The molecular weight excluding hydrogens is 612 g/mol. The Morgan fingerprint density at radius 3 is 0.864 bits per heavy atom. The molecule has 0 saturated carbocycles. The normalized spacial score (nSPS) is 13.0. The van der Waals surface area contributed by atoms with E-state index in [0.717, 1.165) is 0 Å². The maximum Gasteiger partial charge on any atom is 0.416 e. The Balaban J connectivity index is 1.53. The van der Waals surface area contributed by atoms with E-state index >= 15 is 0 Å². The van der Waals surface area contributed by atoms with Gasteiger partial charge in [-0.25, -0.2) is 0 Å². The first-order valence-corrected chi connectivity index (χ1v) is 12.5. The summed E-state index contributed by atoms with van der Waals surface area (Å²) in [6, 6.07) is 17.4. The van der Waals surface area contributed by atoms with Gasteiger partial charge in [-0.1, -0.05) is 48.5 Å². The molecule has 0 N–H and O–H groups in total. The zero-order valence-electron chi connectivity index (χ0n) is 21.8. The van der Waals surface area contributed by atoms with Crippen LogP contribution in [0.25, 0.3) is 44.2 Å². The highest BCUT2D eigenvalue weighted by Gasteiger charge is 2.38. The minimum absolute atomic E-state index is 0.0322. The van der Waals surface area contributed by atoms with Crippen LogP contribution in [0.2, 0.25) is 0 Å². The third kappa shape index (κ3) is 6.53. The van der Waals surface area contributed by atoms with Gasteiger partial charge in [0.25, 0.3) is 0 Å². The number of halogens is 12. The largest absolute Gasteiger partial charge is 0.416 e. The summed E-state index contributed by atoms with van der Waals surface area (Å²) in [5.41, 5.74) is -5.24. The SMILES string of the molecule is FC(F)(F)c1cc(-c2ccc(-c3ccc4ccc(-c5cc(C(F)(F)F)cc(C(F)(F)F)c5)cc4c3)cc2)cc(C(F)(F)F)c1. The number of rotatable bonds is 3. The van der Waals surface area contributed by atoms with Crippen molar-refractivity contribution in [3.63, 3.8) is 0 Å². The van der Waals surface area contributed by atoms with E-state index in [9.17, 15) is 52.7 Å². The maximum atomic E-state index is 13.4. The predicted molar refractivity (Wildman–Crippen MR) is 140 cm³/mol. The molecule has 0 aliphatic heterocycles. The summed E-state index contributed by atoms with van der Waals surface area (Å²) < 4.78 is 160. The Bertz CT molecular complexity index is 1770. The fourth-order valence-electron chi connectivity index (χ4n) is 4.70. The molecule has 0 aliphatic carbocycles. The van der Waals surface area contributed by atoms with Crippen LogP contribution in [0.15, 0.2) is 97.1 Å². The predicted octanol–water partition coefficient (Wildman–Crippen LogP) is 11.9. The highest BCUT2D eigenvalue weighted by molar-refractivity contribution is 5.91. The molecule has 0 heterocycles. The molecule has 0 nitrogen and oxygen atoms in total. The van der Waals surface area contributed by atoms with E-state index in [4.69, 9.17) is 0 Å². The van der Waals surface area contributed by atoms with Gasteiger partial charge in [-0.05, 0) is 92.7 Å². The lowest BCUT2D eigenvalue weighted by Gasteiger charge is -2.15. The van der Waals surface area contributed by atoms with Gasteiger partial charge >= 0.3 is 24.7 Å². The summed E-state index contributed by atoms with van der Waals surface area (Å²) in [4.78, 5) is 0. The molecule has 0 aromatic heterocycles. The van der Waals surface area contributed by atoms with Gasteiger partial charge in [-0.2, -0.15) is 52.7 Å². The topological polar surface area (TPSA) is 0 Å². The van der Waals surface area contributed by atoms with Crippen molar-refractivity contribution in [3.05, 3.63) is 119 Å². The van der Waals surface area contributed by atoms with Crippen molar-refractivity contribution in [1.82, 2.24) is 0 Å². The summed E-state index contributed by atoms with van der Waals surface area (Å²) in [5.74, 6) is 0. The standard InChI is InChI=1S/C32H16F12/c33-29(34,35)25-11-23(12-26(15-25)30(36,37)38)19-3-1-17(2-4-19)20-7-5-18-6-8-21(10-22(18)9-20)24-13-27(31(39,40)41)16-28(14-24)32(42,43)44/h1-16H. The summed E-state index contributed by atoms with van der Waals surface area (Å²) in [7, 11) is 0. The fourth-order valence-corrected chi connectivity index (χ4v) is 4.70. The van der Waals surface area contributed by atoms with Crippen LogP contribution >= 0.6 is 0 Å². The van der Waals surface area contributed by atoms with Crippen molar-refractivity contribution in [3.8, 4) is 33.4 Å². The van der Waals surface area contributed by atoms with Crippen LogP contribution in [0.3, 0.4) is 0 Å². The Morgan fingerprint density at radius 1 is 0.250 bits per heavy atom. The Labute approximate surface area is 241 Å². The molecule has 0 atom stereocenters. The third-order valence-corrected chi connectivity index (χ3v) is 6.90. The second kappa shape index (κ2) is 10.6. The van der Waals surface area contributed by atoms with E-state index < -0.39 is 47.0 Å². The van der Waals surface area contributed by atoms with E-state index in [2.05, 4.69) is 0 Å². The van der Waals surface area contributed by atoms with E-state index in [1.54, 1.807) is 18.2 Å². The van der Waals surface area contributed by atoms with Crippen molar-refractivity contribution in [2.24, 2.45) is 0 Å². The first-order valence-electron chi connectivity index (χ1n) is 12.5. The minimum Gasteiger partial charge on any atom is -0.166 e. The molecular formula is C32H16F12. The highest BCUT2D eigenvalue weighted by Crippen LogP contribution is 2.41. The van der Waals surface area contributed by atoms with Crippen molar-refractivity contribution < 1.29 is 52.7 Å².